The van der Waals surface area contributed by atoms with Gasteiger partial charge in [-0.2, -0.15) is 0 Å². The fourth-order valence-electron chi connectivity index (χ4n) is 0.969. The fraction of sp³-hybridized carbons (Fsp3) is 0.200. The van der Waals surface area contributed by atoms with E-state index in [1.807, 2.05) is 12.1 Å². The molecule has 0 atom stereocenters. The Morgan fingerprint density at radius 1 is 1.54 bits per heavy atom. The highest BCUT2D eigenvalue weighted by Crippen LogP contribution is 2.25. The number of hydrogen-bond acceptors (Lipinski definition) is 2. The van der Waals surface area contributed by atoms with Crippen LogP contribution in [0.25, 0.3) is 6.08 Å². The Morgan fingerprint density at radius 3 is 2.92 bits per heavy atom. The summed E-state index contributed by atoms with van der Waals surface area (Å²) >= 11 is 5.83. The molecule has 13 heavy (non-hydrogen) atoms. The van der Waals surface area contributed by atoms with Gasteiger partial charge in [0.05, 0.1) is 18.7 Å². The third kappa shape index (κ3) is 2.76. The topological polar surface area (TPSA) is 29.5 Å². The molecule has 0 heterocycles. The van der Waals surface area contributed by atoms with Crippen molar-refractivity contribution in [3.05, 3.63) is 34.9 Å². The van der Waals surface area contributed by atoms with Crippen LogP contribution < -0.4 is 4.74 Å². The van der Waals surface area contributed by atoms with Gasteiger partial charge in [-0.05, 0) is 17.7 Å². The van der Waals surface area contributed by atoms with E-state index in [0.717, 1.165) is 5.56 Å². The average molecular weight is 199 g/mol. The van der Waals surface area contributed by atoms with Crippen LogP contribution >= 0.6 is 11.6 Å². The van der Waals surface area contributed by atoms with Crippen LogP contribution in [0.2, 0.25) is 5.02 Å². The zero-order chi connectivity index (χ0) is 9.68. The zero-order valence-electron chi connectivity index (χ0n) is 7.33. The van der Waals surface area contributed by atoms with Crippen molar-refractivity contribution in [2.45, 2.75) is 0 Å². The highest BCUT2D eigenvalue weighted by molar-refractivity contribution is 6.32. The van der Waals surface area contributed by atoms with Gasteiger partial charge >= 0.3 is 0 Å². The Labute approximate surface area is 82.4 Å². The van der Waals surface area contributed by atoms with Crippen molar-refractivity contribution < 1.29 is 9.84 Å². The van der Waals surface area contributed by atoms with Crippen LogP contribution in [0.1, 0.15) is 5.56 Å². The van der Waals surface area contributed by atoms with Crippen LogP contribution in [0, 0.1) is 0 Å². The molecule has 0 aliphatic rings. The summed E-state index contributed by atoms with van der Waals surface area (Å²) in [6.45, 7) is 0.0327. The molecule has 0 aliphatic heterocycles. The molecule has 70 valence electrons. The van der Waals surface area contributed by atoms with Gasteiger partial charge in [0.15, 0.2) is 0 Å². The molecule has 1 N–H and O–H groups in total. The Balaban J connectivity index is 2.92. The van der Waals surface area contributed by atoms with E-state index < -0.39 is 0 Å². The second kappa shape index (κ2) is 4.90. The van der Waals surface area contributed by atoms with Crippen molar-refractivity contribution in [3.8, 4) is 5.75 Å². The molecule has 0 amide bonds. The van der Waals surface area contributed by atoms with E-state index in [2.05, 4.69) is 0 Å². The summed E-state index contributed by atoms with van der Waals surface area (Å²) < 4.78 is 5.04. The molecule has 0 spiro atoms. The molecule has 0 fully saturated rings. The van der Waals surface area contributed by atoms with Crippen molar-refractivity contribution >= 4 is 17.7 Å². The van der Waals surface area contributed by atoms with Crippen molar-refractivity contribution in [2.75, 3.05) is 13.7 Å². The van der Waals surface area contributed by atoms with Gasteiger partial charge in [-0.3, -0.25) is 0 Å². The maximum atomic E-state index is 8.56. The van der Waals surface area contributed by atoms with Gasteiger partial charge < -0.3 is 9.84 Å². The quantitative estimate of drug-likeness (QED) is 0.808. The van der Waals surface area contributed by atoms with Gasteiger partial charge in [-0.1, -0.05) is 29.8 Å². The molecule has 2 nitrogen and oxygen atoms in total. The third-order valence-corrected chi connectivity index (χ3v) is 1.90. The van der Waals surface area contributed by atoms with E-state index in [-0.39, 0.29) is 6.61 Å². The highest BCUT2D eigenvalue weighted by atomic mass is 35.5. The van der Waals surface area contributed by atoms with E-state index in [1.165, 1.54) is 0 Å². The normalized spacial score (nSPS) is 10.7. The largest absolute Gasteiger partial charge is 0.495 e. The molecule has 0 bridgehead atoms. The standard InChI is InChI=1S/C10H11ClO2/c1-13-10-7-8(3-2-6-12)4-5-9(10)11/h2-5,7,12H,6H2,1H3/b3-2+. The van der Waals surface area contributed by atoms with Gasteiger partial charge in [-0.15, -0.1) is 0 Å². The third-order valence-electron chi connectivity index (χ3n) is 1.59. The molecule has 1 aromatic rings. The average Bonchev–Trinajstić information content (AvgIpc) is 2.16. The monoisotopic (exact) mass is 198 g/mol. The lowest BCUT2D eigenvalue weighted by Crippen LogP contribution is -1.84. The van der Waals surface area contributed by atoms with Crippen molar-refractivity contribution in [3.63, 3.8) is 0 Å². The number of ether oxygens (including phenoxy) is 1. The predicted molar refractivity (Wildman–Crippen MR) is 54.1 cm³/mol. The van der Waals surface area contributed by atoms with Crippen LogP contribution in [-0.2, 0) is 0 Å². The predicted octanol–water partition coefficient (Wildman–Crippen LogP) is 2.35. The number of aliphatic hydroxyl groups excluding tert-OH is 1. The first kappa shape index (κ1) is 10.1. The Kier molecular flexibility index (Phi) is 3.80. The van der Waals surface area contributed by atoms with Gasteiger partial charge in [0.2, 0.25) is 0 Å². The maximum absolute atomic E-state index is 8.56. The molecule has 0 radical (unpaired) electrons. The van der Waals surface area contributed by atoms with Crippen molar-refractivity contribution in [2.24, 2.45) is 0 Å². The van der Waals surface area contributed by atoms with E-state index in [4.69, 9.17) is 21.4 Å². The molecule has 0 saturated carbocycles. The van der Waals surface area contributed by atoms with E-state index in [9.17, 15) is 0 Å². The number of halogens is 1. The van der Waals surface area contributed by atoms with Gasteiger partial charge in [-0.25, -0.2) is 0 Å². The van der Waals surface area contributed by atoms with Gasteiger partial charge in [0.25, 0.3) is 0 Å². The lowest BCUT2D eigenvalue weighted by Gasteiger charge is -2.02. The molecule has 3 heteroatoms. The Bertz CT molecular complexity index is 308. The summed E-state index contributed by atoms with van der Waals surface area (Å²) in [6.07, 6.45) is 3.46. The van der Waals surface area contributed by atoms with E-state index in [1.54, 1.807) is 25.3 Å². The lowest BCUT2D eigenvalue weighted by molar-refractivity contribution is 0.343. The SMILES string of the molecule is COc1cc(/C=C/CO)ccc1Cl. The summed E-state index contributed by atoms with van der Waals surface area (Å²) in [5.74, 6) is 0.641. The number of rotatable bonds is 3. The first-order valence-corrected chi connectivity index (χ1v) is 4.26. The molecule has 0 aromatic heterocycles. The summed E-state index contributed by atoms with van der Waals surface area (Å²) in [7, 11) is 1.57. The zero-order valence-corrected chi connectivity index (χ0v) is 8.08. The number of aliphatic hydroxyl groups is 1. The Hall–Kier alpha value is -0.990. The molecular weight excluding hydrogens is 188 g/mol. The van der Waals surface area contributed by atoms with Crippen LogP contribution in [0.3, 0.4) is 0 Å². The summed E-state index contributed by atoms with van der Waals surface area (Å²) in [6, 6.07) is 5.43. The molecule has 0 unspecified atom stereocenters. The molecular formula is C10H11ClO2. The molecule has 1 rings (SSSR count). The number of hydrogen-bond donors (Lipinski definition) is 1. The number of methoxy groups -OCH3 is 1. The summed E-state index contributed by atoms with van der Waals surface area (Å²) in [5.41, 5.74) is 0.954. The summed E-state index contributed by atoms with van der Waals surface area (Å²) in [4.78, 5) is 0. The van der Waals surface area contributed by atoms with E-state index in [0.29, 0.717) is 10.8 Å². The van der Waals surface area contributed by atoms with Crippen LogP contribution in [0.5, 0.6) is 5.75 Å². The van der Waals surface area contributed by atoms with Crippen molar-refractivity contribution in [1.29, 1.82) is 0 Å². The van der Waals surface area contributed by atoms with Gasteiger partial charge in [0.1, 0.15) is 5.75 Å². The first-order chi connectivity index (χ1) is 6.27. The van der Waals surface area contributed by atoms with Crippen LogP contribution in [-0.4, -0.2) is 18.8 Å². The highest BCUT2D eigenvalue weighted by Gasteiger charge is 1.98. The van der Waals surface area contributed by atoms with Crippen LogP contribution in [0.4, 0.5) is 0 Å². The minimum absolute atomic E-state index is 0.0327. The van der Waals surface area contributed by atoms with Crippen LogP contribution in [0.15, 0.2) is 24.3 Å². The molecule has 1 aromatic carbocycles. The minimum Gasteiger partial charge on any atom is -0.495 e. The summed E-state index contributed by atoms with van der Waals surface area (Å²) in [5, 5.41) is 9.15. The maximum Gasteiger partial charge on any atom is 0.138 e. The number of benzene rings is 1. The second-order valence-corrected chi connectivity index (χ2v) is 2.89. The minimum atomic E-state index is 0.0327. The van der Waals surface area contributed by atoms with Crippen molar-refractivity contribution in [1.82, 2.24) is 0 Å². The lowest BCUT2D eigenvalue weighted by atomic mass is 10.2. The second-order valence-electron chi connectivity index (χ2n) is 2.48. The first-order valence-electron chi connectivity index (χ1n) is 3.89. The van der Waals surface area contributed by atoms with E-state index >= 15 is 0 Å². The smallest absolute Gasteiger partial charge is 0.138 e. The Morgan fingerprint density at radius 2 is 2.31 bits per heavy atom. The van der Waals surface area contributed by atoms with Gasteiger partial charge in [0, 0.05) is 0 Å². The molecule has 0 saturated heterocycles. The molecule has 0 aliphatic carbocycles. The fourth-order valence-corrected chi connectivity index (χ4v) is 1.16.